The molecule has 3 atom stereocenters. The Balaban J connectivity index is 2.39. The normalized spacial score (nSPS) is 14.6. The first-order chi connectivity index (χ1) is 28.7. The molecule has 0 fully saturated rings. The van der Waals surface area contributed by atoms with Gasteiger partial charge in [0.2, 0.25) is 0 Å². The van der Waals surface area contributed by atoms with Crippen molar-refractivity contribution in [1.29, 1.82) is 0 Å². The van der Waals surface area contributed by atoms with Gasteiger partial charge in [-0.05, 0) is 82.8 Å². The summed E-state index contributed by atoms with van der Waals surface area (Å²) in [6.07, 6.45) is 35.0. The minimum Gasteiger partial charge on any atom is -0.466 e. The number of esters is 2. The Labute approximate surface area is 363 Å². The van der Waals surface area contributed by atoms with Gasteiger partial charge in [0, 0.05) is 25.7 Å². The van der Waals surface area contributed by atoms with Crippen LogP contribution in [0.15, 0.2) is 65.2 Å². The number of hydrogen-bond donors (Lipinski definition) is 2. The van der Waals surface area contributed by atoms with Crippen LogP contribution in [0.4, 0.5) is 0 Å². The molecule has 2 N–H and O–H groups in total. The van der Waals surface area contributed by atoms with Crippen molar-refractivity contribution in [1.82, 2.24) is 0 Å². The summed E-state index contributed by atoms with van der Waals surface area (Å²) in [5.74, 6) is 1.37. The molecule has 0 radical (unpaired) electrons. The molecule has 342 valence electrons. The molecule has 0 saturated carbocycles. The zero-order chi connectivity index (χ0) is 44.5. The first-order valence-electron chi connectivity index (χ1n) is 22.5. The number of phosphoric ester groups is 1. The average Bonchev–Trinajstić information content (AvgIpc) is 3.46. The topological polar surface area (TPSA) is 142 Å². The summed E-state index contributed by atoms with van der Waals surface area (Å²) in [4.78, 5) is 35.5. The second-order valence-corrected chi connectivity index (χ2v) is 17.9. The summed E-state index contributed by atoms with van der Waals surface area (Å²) in [5.41, 5.74) is 2.61. The fourth-order valence-electron chi connectivity index (χ4n) is 5.99. The smallest absolute Gasteiger partial charge is 0.466 e. The van der Waals surface area contributed by atoms with E-state index in [1.165, 1.54) is 24.0 Å². The van der Waals surface area contributed by atoms with Crippen LogP contribution in [0.25, 0.3) is 0 Å². The fraction of sp³-hybridized carbons (Fsp3) is 0.667. The zero-order valence-electron chi connectivity index (χ0n) is 38.2. The van der Waals surface area contributed by atoms with Crippen molar-refractivity contribution in [3.8, 4) is 0 Å². The molecule has 0 bridgehead atoms. The summed E-state index contributed by atoms with van der Waals surface area (Å²) < 4.78 is 40.4. The van der Waals surface area contributed by atoms with Crippen LogP contribution in [0.1, 0.15) is 146 Å². The summed E-state index contributed by atoms with van der Waals surface area (Å²) >= 11 is 0. The Hall–Kier alpha value is -3.05. The Kier molecular flexibility index (Phi) is 30.7. The van der Waals surface area contributed by atoms with Gasteiger partial charge >= 0.3 is 19.8 Å². The molecule has 0 amide bonds. The molecule has 1 aromatic rings. The number of allylic oxidation sites excluding steroid dienone is 9. The van der Waals surface area contributed by atoms with Gasteiger partial charge < -0.3 is 28.4 Å². The van der Waals surface area contributed by atoms with Crippen LogP contribution in [-0.4, -0.2) is 86.1 Å². The molecule has 0 spiro atoms. The molecule has 11 nitrogen and oxygen atoms in total. The van der Waals surface area contributed by atoms with Crippen molar-refractivity contribution >= 4 is 19.8 Å². The second kappa shape index (κ2) is 33.6. The number of likely N-dealkylation sites (N-methyl/N-ethyl adjacent to an activating group) is 1. The SMILES string of the molecule is CCCc1oc(CCCCCCCCCCC(=O)O[C@H](COC(=O)CCC/C=C\C/C=C\C/C=C\C/C=C\C=C\[C@@H](O)CC)COP(=O)(O)OCC[N+](C)(C)C)c(C)c1C. The zero-order valence-corrected chi connectivity index (χ0v) is 39.1. The van der Waals surface area contributed by atoms with Crippen molar-refractivity contribution in [2.75, 3.05) is 47.5 Å². The number of hydrogen-bond acceptors (Lipinski definition) is 9. The number of furan rings is 1. The molecule has 0 aromatic carbocycles. The molecule has 0 saturated heterocycles. The second-order valence-electron chi connectivity index (χ2n) is 16.5. The minimum atomic E-state index is -4.41. The Morgan fingerprint density at radius 2 is 1.28 bits per heavy atom. The molecule has 12 heteroatoms. The van der Waals surface area contributed by atoms with Gasteiger partial charge in [0.05, 0.1) is 33.9 Å². The molecule has 0 aliphatic carbocycles. The molecular formula is C48H81NO10P+. The number of rotatable bonds is 36. The number of unbranched alkanes of at least 4 members (excludes halogenated alkanes) is 8. The number of quaternary nitrogens is 1. The number of aliphatic hydroxyl groups is 1. The maximum absolute atomic E-state index is 12.7. The van der Waals surface area contributed by atoms with Crippen LogP contribution in [0, 0.1) is 13.8 Å². The molecule has 0 aliphatic rings. The van der Waals surface area contributed by atoms with Crippen molar-refractivity contribution < 1.29 is 51.6 Å². The van der Waals surface area contributed by atoms with E-state index in [1.54, 1.807) is 6.08 Å². The molecule has 1 aromatic heterocycles. The highest BCUT2D eigenvalue weighted by molar-refractivity contribution is 7.47. The van der Waals surface area contributed by atoms with Crippen LogP contribution in [0.3, 0.4) is 0 Å². The molecule has 1 unspecified atom stereocenters. The quantitative estimate of drug-likeness (QED) is 0.0167. The van der Waals surface area contributed by atoms with Gasteiger partial charge in [-0.1, -0.05) is 113 Å². The molecular weight excluding hydrogens is 781 g/mol. The van der Waals surface area contributed by atoms with Gasteiger partial charge in [0.1, 0.15) is 31.3 Å². The van der Waals surface area contributed by atoms with Crippen LogP contribution in [0.5, 0.6) is 0 Å². The third kappa shape index (κ3) is 30.1. The lowest BCUT2D eigenvalue weighted by atomic mass is 10.0. The minimum absolute atomic E-state index is 0.00670. The van der Waals surface area contributed by atoms with Gasteiger partial charge in [-0.15, -0.1) is 0 Å². The summed E-state index contributed by atoms with van der Waals surface area (Å²) in [6.45, 7) is 8.21. The average molecular weight is 863 g/mol. The molecule has 0 aliphatic heterocycles. The van der Waals surface area contributed by atoms with E-state index in [4.69, 9.17) is 22.9 Å². The highest BCUT2D eigenvalue weighted by atomic mass is 31.2. The first-order valence-corrected chi connectivity index (χ1v) is 24.0. The summed E-state index contributed by atoms with van der Waals surface area (Å²) in [7, 11) is 1.39. The van der Waals surface area contributed by atoms with Gasteiger partial charge in [-0.3, -0.25) is 18.6 Å². The molecule has 1 heterocycles. The van der Waals surface area contributed by atoms with E-state index < -0.39 is 32.5 Å². The first kappa shape index (κ1) is 55.0. The highest BCUT2D eigenvalue weighted by Gasteiger charge is 2.27. The van der Waals surface area contributed by atoms with Crippen LogP contribution in [0.2, 0.25) is 0 Å². The van der Waals surface area contributed by atoms with E-state index in [9.17, 15) is 24.2 Å². The van der Waals surface area contributed by atoms with Gasteiger partial charge in [-0.25, -0.2) is 4.57 Å². The third-order valence-electron chi connectivity index (χ3n) is 9.89. The van der Waals surface area contributed by atoms with E-state index in [0.29, 0.717) is 36.7 Å². The number of ether oxygens (including phenoxy) is 2. The number of phosphoric acid groups is 1. The van der Waals surface area contributed by atoms with E-state index >= 15 is 0 Å². The van der Waals surface area contributed by atoms with Crippen LogP contribution < -0.4 is 0 Å². The molecule has 60 heavy (non-hydrogen) atoms. The van der Waals surface area contributed by atoms with E-state index in [0.717, 1.165) is 82.1 Å². The lowest BCUT2D eigenvalue weighted by Crippen LogP contribution is -2.37. The van der Waals surface area contributed by atoms with E-state index in [1.807, 2.05) is 52.4 Å². The van der Waals surface area contributed by atoms with Crippen molar-refractivity contribution in [3.05, 3.63) is 83.4 Å². The Morgan fingerprint density at radius 3 is 1.90 bits per heavy atom. The Morgan fingerprint density at radius 1 is 0.717 bits per heavy atom. The number of nitrogens with zero attached hydrogens (tertiary/aromatic N) is 1. The number of carbonyl (C=O) groups is 2. The van der Waals surface area contributed by atoms with Gasteiger partial charge in [-0.2, -0.15) is 0 Å². The fourth-order valence-corrected chi connectivity index (χ4v) is 6.73. The maximum Gasteiger partial charge on any atom is 0.472 e. The summed E-state index contributed by atoms with van der Waals surface area (Å²) in [5, 5.41) is 9.49. The monoisotopic (exact) mass is 863 g/mol. The van der Waals surface area contributed by atoms with E-state index in [2.05, 4.69) is 51.2 Å². The lowest BCUT2D eigenvalue weighted by molar-refractivity contribution is -0.870. The predicted octanol–water partition coefficient (Wildman–Crippen LogP) is 11.1. The van der Waals surface area contributed by atoms with Crippen LogP contribution in [-0.2, 0) is 45.5 Å². The van der Waals surface area contributed by atoms with Gasteiger partial charge in [0.15, 0.2) is 6.10 Å². The van der Waals surface area contributed by atoms with Crippen LogP contribution >= 0.6 is 7.82 Å². The van der Waals surface area contributed by atoms with Crippen molar-refractivity contribution in [3.63, 3.8) is 0 Å². The number of aryl methyl sites for hydroxylation is 2. The largest absolute Gasteiger partial charge is 0.472 e. The maximum atomic E-state index is 12.7. The number of carbonyl (C=O) groups excluding carboxylic acids is 2. The predicted molar refractivity (Wildman–Crippen MR) is 243 cm³/mol. The Bertz CT molecular complexity index is 1500. The standard InChI is InChI=1S/C48H80NO10P/c1-8-32-45-41(3)42(4)46(59-45)34-29-25-21-18-19-23-27-31-36-48(52)58-44(40-57-60(53,54)56-38-37-49(5,6)7)39-55-47(51)35-30-26-22-17-15-13-11-10-12-14-16-20-24-28-33-43(50)9-2/h11-14,17,20,22,24,28,33,43-44,50H,8-10,15-16,18-19,21,23,25-27,29-32,34-40H2,1-7H3/p+1/b13-11-,14-12-,22-17-,24-20-,33-28+/t43-,44+/m0/s1. The third-order valence-corrected chi connectivity index (χ3v) is 10.9. The lowest BCUT2D eigenvalue weighted by Gasteiger charge is -2.24. The van der Waals surface area contributed by atoms with Crippen molar-refractivity contribution in [2.24, 2.45) is 0 Å². The number of aliphatic hydroxyl groups excluding tert-OH is 1. The molecule has 1 rings (SSSR count). The summed E-state index contributed by atoms with van der Waals surface area (Å²) in [6, 6.07) is 0. The highest BCUT2D eigenvalue weighted by Crippen LogP contribution is 2.43. The van der Waals surface area contributed by atoms with E-state index in [-0.39, 0.29) is 32.2 Å². The van der Waals surface area contributed by atoms with Crippen molar-refractivity contribution in [2.45, 2.75) is 162 Å². The van der Waals surface area contributed by atoms with Gasteiger partial charge in [0.25, 0.3) is 0 Å².